The Hall–Kier alpha value is -6.81. The van der Waals surface area contributed by atoms with Crippen LogP contribution in [0, 0.1) is 11.8 Å². The molecule has 72 heavy (non-hydrogen) atoms. The number of hydrogen-bond donors (Lipinski definition) is 11. The first kappa shape index (κ1) is 57.8. The van der Waals surface area contributed by atoms with Crippen LogP contribution in [-0.2, 0) is 62.4 Å². The summed E-state index contributed by atoms with van der Waals surface area (Å²) in [6.45, 7) is 10.3. The number of H-pyrrole nitrogens is 1. The highest BCUT2D eigenvalue weighted by Crippen LogP contribution is 2.20. The summed E-state index contributed by atoms with van der Waals surface area (Å²) in [6.07, 6.45) is 4.26. The summed E-state index contributed by atoms with van der Waals surface area (Å²) in [5.41, 5.74) is 8.35. The van der Waals surface area contributed by atoms with Crippen molar-refractivity contribution in [3.63, 3.8) is 0 Å². The van der Waals surface area contributed by atoms with Crippen LogP contribution in [0.4, 0.5) is 0 Å². The average molecular weight is 1020 g/mol. The fraction of sp³-hybridized carbons (Fsp3) is 0.520. The van der Waals surface area contributed by atoms with E-state index < -0.39 is 108 Å². The number of benzene rings is 2. The fourth-order valence-electron chi connectivity index (χ4n) is 8.11. The quantitative estimate of drug-likeness (QED) is 0.0460. The molecule has 1 aromatic heterocycles. The Balaban J connectivity index is 1.42. The van der Waals surface area contributed by atoms with Crippen molar-refractivity contribution in [1.82, 2.24) is 52.1 Å². The van der Waals surface area contributed by atoms with Gasteiger partial charge < -0.3 is 57.9 Å². The molecule has 3 aromatic rings. The fourth-order valence-corrected chi connectivity index (χ4v) is 8.37. The van der Waals surface area contributed by atoms with E-state index in [9.17, 15) is 48.3 Å². The Labute approximate surface area is 425 Å². The number of carbonyl (C=O) groups is 9. The number of nitrogens with one attached hydrogen (secondary N) is 8. The number of rotatable bonds is 27. The monoisotopic (exact) mass is 1020 g/mol. The SMILES string of the molecule is CC(C)C[C@H](NC(=O)[C@H](C)NC(=O)[C@H](Cc1ccccc1)NC(=O)[C@H](C)NC(=O)[C@H](CC(C)C)NC(=O)[C@H](CS)NC(=O)[C@H](Cc1cnc[nH]1)NC(=O)[C@@H]1CCCN1C(=O)[C@@H](N)Cc1ccccc1)C(=O)O. The van der Waals surface area contributed by atoms with Crippen molar-refractivity contribution in [3.05, 3.63) is 90.0 Å². The molecule has 0 saturated carbocycles. The molecule has 4 rings (SSSR count). The first-order valence-corrected chi connectivity index (χ1v) is 24.9. The van der Waals surface area contributed by atoms with Crippen molar-refractivity contribution >= 4 is 65.9 Å². The van der Waals surface area contributed by atoms with Gasteiger partial charge in [-0.3, -0.25) is 38.4 Å². The third-order valence-corrected chi connectivity index (χ3v) is 12.3. The normalized spacial score (nSPS) is 16.7. The van der Waals surface area contributed by atoms with Crippen molar-refractivity contribution in [2.45, 2.75) is 141 Å². The lowest BCUT2D eigenvalue weighted by molar-refractivity contribution is -0.142. The summed E-state index contributed by atoms with van der Waals surface area (Å²) in [4.78, 5) is 130. The van der Waals surface area contributed by atoms with Gasteiger partial charge in [0.2, 0.25) is 47.3 Å². The maximum absolute atomic E-state index is 14.0. The topological polar surface area (TPSA) is 316 Å². The first-order valence-electron chi connectivity index (χ1n) is 24.2. The van der Waals surface area contributed by atoms with Gasteiger partial charge in [-0.2, -0.15) is 12.6 Å². The number of carboxylic acids is 1. The largest absolute Gasteiger partial charge is 0.480 e. The average Bonchev–Trinajstić information content (AvgIpc) is 4.05. The number of amides is 8. The lowest BCUT2D eigenvalue weighted by Gasteiger charge is -2.29. The summed E-state index contributed by atoms with van der Waals surface area (Å²) in [5, 5.41) is 28.0. The van der Waals surface area contributed by atoms with Gasteiger partial charge in [0.1, 0.15) is 48.3 Å². The predicted octanol–water partition coefficient (Wildman–Crippen LogP) is 0.296. The van der Waals surface area contributed by atoms with Crippen molar-refractivity contribution in [2.24, 2.45) is 17.6 Å². The van der Waals surface area contributed by atoms with Crippen molar-refractivity contribution < 1.29 is 48.3 Å². The van der Waals surface area contributed by atoms with E-state index in [0.717, 1.165) is 5.56 Å². The summed E-state index contributed by atoms with van der Waals surface area (Å²) >= 11 is 4.33. The highest BCUT2D eigenvalue weighted by molar-refractivity contribution is 7.80. The lowest BCUT2D eigenvalue weighted by Crippen LogP contribution is -2.60. The summed E-state index contributed by atoms with van der Waals surface area (Å²) in [6, 6.07) is 7.62. The van der Waals surface area contributed by atoms with Crippen LogP contribution >= 0.6 is 12.6 Å². The number of hydrogen-bond acceptors (Lipinski definition) is 12. The van der Waals surface area contributed by atoms with Crippen LogP contribution in [-0.4, -0.2) is 140 Å². The second-order valence-electron chi connectivity index (χ2n) is 19.0. The molecule has 8 amide bonds. The molecule has 2 aromatic carbocycles. The standard InChI is InChI=1S/C50H71N11O10S/c1-28(2)20-36(44(64)54-30(5)42(62)56-37(23-33-16-11-8-12-17-33)45(65)55-31(6)43(63)59-39(50(70)71)21-29(3)4)57-47(67)40(26-72)60-46(66)38(24-34-25-52-27-53-34)58-48(68)41-18-13-19-61(41)49(69)35(51)22-32-14-9-7-10-15-32/h7-12,14-17,25,27-31,35-41,72H,13,18-24,26,51H2,1-6H3,(H,52,53)(H,54,64)(H,55,65)(H,56,62)(H,57,67)(H,58,68)(H,59,63)(H,60,66)(H,70,71)/t30-,31-,35-,36-,37-,38-,39-,40-,41-/m0/s1. The van der Waals surface area contributed by atoms with Crippen LogP contribution in [0.5, 0.6) is 0 Å². The number of imidazole rings is 1. The zero-order valence-corrected chi connectivity index (χ0v) is 42.6. The second kappa shape index (κ2) is 28.3. The van der Waals surface area contributed by atoms with Gasteiger partial charge in [0.05, 0.1) is 12.4 Å². The third kappa shape index (κ3) is 18.1. The molecule has 0 bridgehead atoms. The predicted molar refractivity (Wildman–Crippen MR) is 271 cm³/mol. The molecule has 2 heterocycles. The number of aromatic nitrogens is 2. The van der Waals surface area contributed by atoms with Gasteiger partial charge in [-0.25, -0.2) is 9.78 Å². The summed E-state index contributed by atoms with van der Waals surface area (Å²) in [5.74, 6) is -7.11. The zero-order valence-electron chi connectivity index (χ0n) is 41.7. The zero-order chi connectivity index (χ0) is 53.1. The number of aromatic amines is 1. The van der Waals surface area contributed by atoms with Gasteiger partial charge in [-0.1, -0.05) is 88.4 Å². The van der Waals surface area contributed by atoms with Gasteiger partial charge >= 0.3 is 5.97 Å². The number of carboxylic acid groups (broad SMARTS) is 1. The molecule has 11 N–H and O–H groups in total. The van der Waals surface area contributed by atoms with E-state index in [-0.39, 0.29) is 49.7 Å². The Bertz CT molecular complexity index is 2300. The minimum absolute atomic E-state index is 0.00356. The second-order valence-corrected chi connectivity index (χ2v) is 19.4. The van der Waals surface area contributed by atoms with Gasteiger partial charge in [0.15, 0.2) is 0 Å². The minimum Gasteiger partial charge on any atom is -0.480 e. The summed E-state index contributed by atoms with van der Waals surface area (Å²) < 4.78 is 0. The van der Waals surface area contributed by atoms with Gasteiger partial charge in [-0.15, -0.1) is 0 Å². The smallest absolute Gasteiger partial charge is 0.326 e. The molecular formula is C50H71N11O10S. The van der Waals surface area contributed by atoms with Crippen LogP contribution in [0.3, 0.4) is 0 Å². The Kier molecular flexibility index (Phi) is 22.7. The number of thiol groups is 1. The van der Waals surface area contributed by atoms with E-state index >= 15 is 0 Å². The van der Waals surface area contributed by atoms with Crippen molar-refractivity contribution in [2.75, 3.05) is 12.3 Å². The molecule has 1 fully saturated rings. The molecule has 1 aliphatic heterocycles. The molecule has 1 saturated heterocycles. The molecular weight excluding hydrogens is 947 g/mol. The summed E-state index contributed by atoms with van der Waals surface area (Å²) in [7, 11) is 0. The van der Waals surface area contributed by atoms with E-state index in [1.54, 1.807) is 30.3 Å². The van der Waals surface area contributed by atoms with Gasteiger partial charge in [-0.05, 0) is 68.9 Å². The molecule has 0 radical (unpaired) electrons. The maximum atomic E-state index is 14.0. The molecule has 9 atom stereocenters. The van der Waals surface area contributed by atoms with E-state index in [1.165, 1.54) is 31.3 Å². The maximum Gasteiger partial charge on any atom is 0.326 e. The van der Waals surface area contributed by atoms with Crippen LogP contribution in [0.25, 0.3) is 0 Å². The molecule has 1 aliphatic rings. The van der Waals surface area contributed by atoms with E-state index in [1.807, 2.05) is 58.0 Å². The van der Waals surface area contributed by atoms with Crippen LogP contribution in [0.15, 0.2) is 73.2 Å². The molecule has 392 valence electrons. The number of nitrogens with two attached hydrogens (primary N) is 1. The van der Waals surface area contributed by atoms with Crippen molar-refractivity contribution in [3.8, 4) is 0 Å². The first-order chi connectivity index (χ1) is 34.2. The number of nitrogens with zero attached hydrogens (tertiary/aromatic N) is 2. The number of carbonyl (C=O) groups excluding carboxylic acids is 8. The van der Waals surface area contributed by atoms with E-state index in [2.05, 4.69) is 59.8 Å². The van der Waals surface area contributed by atoms with E-state index in [4.69, 9.17) is 5.73 Å². The number of aliphatic carboxylic acids is 1. The van der Waals surface area contributed by atoms with Crippen molar-refractivity contribution in [1.29, 1.82) is 0 Å². The van der Waals surface area contributed by atoms with Gasteiger partial charge in [0.25, 0.3) is 0 Å². The highest BCUT2D eigenvalue weighted by atomic mass is 32.1. The van der Waals surface area contributed by atoms with E-state index in [0.29, 0.717) is 30.6 Å². The van der Waals surface area contributed by atoms with Crippen LogP contribution in [0.1, 0.15) is 84.0 Å². The van der Waals surface area contributed by atoms with Gasteiger partial charge in [0, 0.05) is 37.0 Å². The lowest BCUT2D eigenvalue weighted by atomic mass is 10.0. The molecule has 0 spiro atoms. The molecule has 21 nitrogen and oxygen atoms in total. The molecule has 22 heteroatoms. The minimum atomic E-state index is -1.31. The Morgan fingerprint density at radius 3 is 1.64 bits per heavy atom. The van der Waals surface area contributed by atoms with Crippen LogP contribution < -0.4 is 43.0 Å². The Morgan fingerprint density at radius 2 is 1.11 bits per heavy atom. The molecule has 0 aliphatic carbocycles. The Morgan fingerprint density at radius 1 is 0.639 bits per heavy atom. The van der Waals surface area contributed by atoms with Crippen LogP contribution in [0.2, 0.25) is 0 Å². The number of likely N-dealkylation sites (tertiary alicyclic amines) is 1. The molecule has 0 unspecified atom stereocenters. The highest BCUT2D eigenvalue weighted by Gasteiger charge is 2.39. The third-order valence-electron chi connectivity index (χ3n) is 12.0.